The molecule has 0 radical (unpaired) electrons. The number of nitrogens with zero attached hydrogens (tertiary/aromatic N) is 3. The quantitative estimate of drug-likeness (QED) is 0.637. The Hall–Kier alpha value is -2.85. The van der Waals surface area contributed by atoms with Crippen LogP contribution in [-0.4, -0.2) is 14.8 Å². The van der Waals surface area contributed by atoms with Crippen LogP contribution in [-0.2, 0) is 19.0 Å². The lowest BCUT2D eigenvalue weighted by Gasteiger charge is -2.14. The average molecular weight is 392 g/mol. The summed E-state index contributed by atoms with van der Waals surface area (Å²) in [7, 11) is 0. The van der Waals surface area contributed by atoms with Gasteiger partial charge in [-0.15, -0.1) is 0 Å². The summed E-state index contributed by atoms with van der Waals surface area (Å²) in [6.45, 7) is 0.130. The van der Waals surface area contributed by atoms with Crippen LogP contribution >= 0.6 is 0 Å². The van der Waals surface area contributed by atoms with Crippen molar-refractivity contribution in [3.63, 3.8) is 0 Å². The number of aromatic nitrogens is 3. The van der Waals surface area contributed by atoms with Gasteiger partial charge in [-0.1, -0.05) is 11.6 Å². The lowest BCUT2D eigenvalue weighted by molar-refractivity contribution is -0.140. The number of benzene rings is 1. The molecule has 0 unspecified atom stereocenters. The Labute approximate surface area is 147 Å². The van der Waals surface area contributed by atoms with Gasteiger partial charge in [0.15, 0.2) is 5.69 Å². The van der Waals surface area contributed by atoms with Gasteiger partial charge in [0.25, 0.3) is 0 Å². The van der Waals surface area contributed by atoms with Crippen molar-refractivity contribution in [1.29, 1.82) is 0 Å². The molecule has 144 valence electrons. The van der Waals surface area contributed by atoms with E-state index in [9.17, 15) is 30.7 Å². The normalized spacial score (nSPS) is 12.7. The third kappa shape index (κ3) is 3.28. The molecule has 0 bridgehead atoms. The number of nitrogen functional groups attached to an aromatic ring is 1. The van der Waals surface area contributed by atoms with Crippen molar-refractivity contribution in [1.82, 2.24) is 14.8 Å². The van der Waals surface area contributed by atoms with E-state index in [1.54, 1.807) is 0 Å². The number of fused-ring (bicyclic) bond motifs is 1. The van der Waals surface area contributed by atoms with E-state index >= 15 is 0 Å². The minimum Gasteiger partial charge on any atom is -0.383 e. The molecule has 27 heavy (non-hydrogen) atoms. The molecule has 3 rings (SSSR count). The van der Waals surface area contributed by atoms with E-state index in [-0.39, 0.29) is 0 Å². The summed E-state index contributed by atoms with van der Waals surface area (Å²) in [5.74, 6) is -0.676. The molecule has 0 saturated heterocycles. The third-order valence-corrected chi connectivity index (χ3v) is 3.83. The molecule has 1 aromatic carbocycles. The number of anilines is 1. The summed E-state index contributed by atoms with van der Waals surface area (Å²) < 4.78 is 93.4. The zero-order valence-corrected chi connectivity index (χ0v) is 13.6. The van der Waals surface area contributed by atoms with Crippen LogP contribution in [0.2, 0.25) is 0 Å². The Morgan fingerprint density at radius 2 is 1.70 bits per heavy atom. The number of aryl methyl sites for hydroxylation is 1. The highest BCUT2D eigenvalue weighted by molar-refractivity contribution is 5.92. The molecule has 2 aromatic heterocycles. The van der Waals surface area contributed by atoms with Gasteiger partial charge < -0.3 is 5.73 Å². The smallest absolute Gasteiger partial charge is 0.383 e. The molecule has 2 heterocycles. The van der Waals surface area contributed by atoms with E-state index in [0.717, 1.165) is 18.2 Å². The molecule has 0 amide bonds. The molecule has 0 saturated carbocycles. The molecular formula is C16H11F7N4. The summed E-state index contributed by atoms with van der Waals surface area (Å²) in [6, 6.07) is 4.14. The average Bonchev–Trinajstić information content (AvgIpc) is 2.89. The maximum atomic E-state index is 13.4. The topological polar surface area (TPSA) is 56.7 Å². The van der Waals surface area contributed by atoms with Crippen molar-refractivity contribution in [2.45, 2.75) is 26.0 Å². The summed E-state index contributed by atoms with van der Waals surface area (Å²) in [4.78, 5) is 3.19. The summed E-state index contributed by atoms with van der Waals surface area (Å²) in [6.07, 6.45) is -9.79. The first-order chi connectivity index (χ1) is 12.4. The van der Waals surface area contributed by atoms with Gasteiger partial charge in [0.1, 0.15) is 12.5 Å². The second-order valence-electron chi connectivity index (χ2n) is 5.80. The van der Waals surface area contributed by atoms with Crippen molar-refractivity contribution in [3.8, 4) is 5.69 Å². The number of hydrogen-bond donors (Lipinski definition) is 1. The number of nitrogens with two attached hydrogens (primary N) is 1. The second kappa shape index (κ2) is 6.10. The standard InChI is InChI=1S/C16H11F7N4/c1-7-2-3-11(9(4-7)15(18,19)20)27-14(24)12-10(26-27)5-8(6-17)25-13(12)16(21,22)23/h2-5H,6,24H2,1H3. The van der Waals surface area contributed by atoms with Crippen molar-refractivity contribution in [3.05, 3.63) is 46.8 Å². The lowest BCUT2D eigenvalue weighted by atomic mass is 10.1. The molecule has 3 aromatic rings. The first-order valence-electron chi connectivity index (χ1n) is 7.43. The van der Waals surface area contributed by atoms with Gasteiger partial charge >= 0.3 is 12.4 Å². The zero-order chi connectivity index (χ0) is 20.1. The van der Waals surface area contributed by atoms with Crippen molar-refractivity contribution >= 4 is 16.7 Å². The Kier molecular flexibility index (Phi) is 4.28. The monoisotopic (exact) mass is 392 g/mol. The van der Waals surface area contributed by atoms with Crippen molar-refractivity contribution in [2.24, 2.45) is 0 Å². The van der Waals surface area contributed by atoms with Crippen LogP contribution in [0.15, 0.2) is 24.3 Å². The largest absolute Gasteiger partial charge is 0.434 e. The maximum absolute atomic E-state index is 13.4. The number of pyridine rings is 1. The van der Waals surface area contributed by atoms with Crippen LogP contribution in [0.5, 0.6) is 0 Å². The summed E-state index contributed by atoms with van der Waals surface area (Å²) >= 11 is 0. The molecule has 4 nitrogen and oxygen atoms in total. The maximum Gasteiger partial charge on any atom is 0.434 e. The lowest BCUT2D eigenvalue weighted by Crippen LogP contribution is -2.14. The molecule has 11 heteroatoms. The van der Waals surface area contributed by atoms with Crippen LogP contribution in [0, 0.1) is 6.92 Å². The van der Waals surface area contributed by atoms with Crippen molar-refractivity contribution < 1.29 is 30.7 Å². The molecule has 0 aliphatic rings. The fourth-order valence-electron chi connectivity index (χ4n) is 2.70. The van der Waals surface area contributed by atoms with Crippen molar-refractivity contribution in [2.75, 3.05) is 5.73 Å². The van der Waals surface area contributed by atoms with Gasteiger partial charge in [-0.05, 0) is 25.1 Å². The Bertz CT molecular complexity index is 1020. The van der Waals surface area contributed by atoms with Gasteiger partial charge in [0.2, 0.25) is 0 Å². The SMILES string of the molecule is Cc1ccc(-n2nc3cc(CF)nc(C(F)(F)F)c3c2N)c(C(F)(F)F)c1. The highest BCUT2D eigenvalue weighted by Crippen LogP contribution is 2.40. The summed E-state index contributed by atoms with van der Waals surface area (Å²) in [5, 5.41) is 3.07. The van der Waals surface area contributed by atoms with Gasteiger partial charge in [-0.2, -0.15) is 31.4 Å². The predicted octanol–water partition coefficient (Wildman–Crippen LogP) is 4.82. The van der Waals surface area contributed by atoms with Crippen LogP contribution < -0.4 is 5.73 Å². The first-order valence-corrected chi connectivity index (χ1v) is 7.43. The molecule has 0 aliphatic heterocycles. The van der Waals surface area contributed by atoms with E-state index < -0.39 is 58.4 Å². The minimum absolute atomic E-state index is 0.290. The Balaban J connectivity index is 2.38. The number of rotatable bonds is 2. The van der Waals surface area contributed by atoms with Gasteiger partial charge in [0.05, 0.1) is 27.8 Å². The molecule has 2 N–H and O–H groups in total. The van der Waals surface area contributed by atoms with Crippen LogP contribution in [0.3, 0.4) is 0 Å². The molecule has 0 aliphatic carbocycles. The highest BCUT2D eigenvalue weighted by atomic mass is 19.4. The van der Waals surface area contributed by atoms with E-state index in [2.05, 4.69) is 10.1 Å². The van der Waals surface area contributed by atoms with Crippen LogP contribution in [0.25, 0.3) is 16.6 Å². The summed E-state index contributed by atoms with van der Waals surface area (Å²) in [5.41, 5.74) is 1.87. The fraction of sp³-hybridized carbons (Fsp3) is 0.250. The Morgan fingerprint density at radius 1 is 1.04 bits per heavy atom. The van der Waals surface area contributed by atoms with E-state index in [1.807, 2.05) is 0 Å². The van der Waals surface area contributed by atoms with Gasteiger partial charge in [-0.3, -0.25) is 0 Å². The number of alkyl halides is 7. The first kappa shape index (κ1) is 18.9. The number of halogens is 7. The number of hydrogen-bond acceptors (Lipinski definition) is 3. The fourth-order valence-corrected chi connectivity index (χ4v) is 2.70. The second-order valence-corrected chi connectivity index (χ2v) is 5.80. The van der Waals surface area contributed by atoms with E-state index in [1.165, 1.54) is 13.0 Å². The van der Waals surface area contributed by atoms with E-state index in [0.29, 0.717) is 10.2 Å². The zero-order valence-electron chi connectivity index (χ0n) is 13.6. The van der Waals surface area contributed by atoms with Gasteiger partial charge in [-0.25, -0.2) is 14.1 Å². The molecule has 0 atom stereocenters. The van der Waals surface area contributed by atoms with Gasteiger partial charge in [0, 0.05) is 0 Å². The third-order valence-electron chi connectivity index (χ3n) is 3.83. The molecule has 0 spiro atoms. The predicted molar refractivity (Wildman–Crippen MR) is 82.8 cm³/mol. The van der Waals surface area contributed by atoms with Crippen LogP contribution in [0.1, 0.15) is 22.5 Å². The minimum atomic E-state index is -4.99. The molecular weight excluding hydrogens is 381 g/mol. The highest BCUT2D eigenvalue weighted by Gasteiger charge is 2.39. The van der Waals surface area contributed by atoms with E-state index in [4.69, 9.17) is 5.73 Å². The Morgan fingerprint density at radius 3 is 2.26 bits per heavy atom. The van der Waals surface area contributed by atoms with Crippen LogP contribution in [0.4, 0.5) is 36.6 Å². The molecule has 0 fully saturated rings.